The first-order valence-corrected chi connectivity index (χ1v) is 11.2. The number of ether oxygens (including phenoxy) is 1. The third-order valence-corrected chi connectivity index (χ3v) is 6.20. The Labute approximate surface area is 194 Å². The van der Waals surface area contributed by atoms with Gasteiger partial charge in [0.05, 0.1) is 25.8 Å². The molecule has 0 saturated carbocycles. The van der Waals surface area contributed by atoms with Gasteiger partial charge in [0.1, 0.15) is 35.3 Å². The molecule has 5 nitrogen and oxygen atoms in total. The predicted molar refractivity (Wildman–Crippen MR) is 127 cm³/mol. The molecule has 4 rings (SSSR count). The van der Waals surface area contributed by atoms with Crippen LogP contribution in [0.3, 0.4) is 0 Å². The van der Waals surface area contributed by atoms with E-state index in [9.17, 15) is 9.18 Å². The molecular weight excluding hydrogens is 417 g/mol. The van der Waals surface area contributed by atoms with Crippen LogP contribution in [0.15, 0.2) is 79.0 Å². The van der Waals surface area contributed by atoms with Crippen LogP contribution in [0.5, 0.6) is 11.5 Å². The molecule has 3 aromatic rings. The maximum absolute atomic E-state index is 13.0. The van der Waals surface area contributed by atoms with Gasteiger partial charge in [-0.2, -0.15) is 0 Å². The number of likely N-dealkylation sites (N-methyl/N-ethyl adjacent to an activating group) is 1. The van der Waals surface area contributed by atoms with E-state index in [2.05, 4.69) is 23.9 Å². The lowest BCUT2D eigenvalue weighted by molar-refractivity contribution is -0.876. The van der Waals surface area contributed by atoms with Gasteiger partial charge in [-0.05, 0) is 80.1 Å². The number of hydrogen-bond acceptors (Lipinski definition) is 3. The lowest BCUT2D eigenvalue weighted by Crippen LogP contribution is -2.49. The van der Waals surface area contributed by atoms with Gasteiger partial charge in [0, 0.05) is 12.0 Å². The van der Waals surface area contributed by atoms with Gasteiger partial charge in [0.25, 0.3) is 5.91 Å². The summed E-state index contributed by atoms with van der Waals surface area (Å²) < 4.78 is 19.6. The zero-order valence-corrected chi connectivity index (χ0v) is 18.9. The van der Waals surface area contributed by atoms with Crippen molar-refractivity contribution >= 4 is 5.91 Å². The average Bonchev–Trinajstić information content (AvgIpc) is 2.83. The van der Waals surface area contributed by atoms with Gasteiger partial charge in [-0.1, -0.05) is 6.07 Å². The SMILES string of the molecule is C=C1CCCC[N+]1(C)CCNC(=O)c1cccc(-c2ccc(Oc3ccc(F)cc3)cc2)n1. The van der Waals surface area contributed by atoms with Crippen molar-refractivity contribution < 1.29 is 18.4 Å². The van der Waals surface area contributed by atoms with Gasteiger partial charge >= 0.3 is 0 Å². The molecule has 0 bridgehead atoms. The molecule has 6 heteroatoms. The molecule has 1 unspecified atom stereocenters. The number of hydrogen-bond donors (Lipinski definition) is 1. The molecule has 1 aliphatic heterocycles. The van der Waals surface area contributed by atoms with E-state index in [4.69, 9.17) is 4.74 Å². The number of benzene rings is 2. The lowest BCUT2D eigenvalue weighted by Gasteiger charge is -2.38. The summed E-state index contributed by atoms with van der Waals surface area (Å²) in [7, 11) is 2.19. The molecule has 1 aromatic heterocycles. The smallest absolute Gasteiger partial charge is 0.270 e. The van der Waals surface area contributed by atoms with Crippen LogP contribution in [0.25, 0.3) is 11.3 Å². The number of nitrogens with one attached hydrogen (secondary N) is 1. The van der Waals surface area contributed by atoms with Crippen molar-refractivity contribution in [3.05, 3.63) is 90.5 Å². The number of nitrogens with zero attached hydrogens (tertiary/aromatic N) is 2. The molecule has 1 N–H and O–H groups in total. The van der Waals surface area contributed by atoms with Gasteiger partial charge in [0.2, 0.25) is 0 Å². The summed E-state index contributed by atoms with van der Waals surface area (Å²) in [6.07, 6.45) is 3.46. The minimum Gasteiger partial charge on any atom is -0.457 e. The molecule has 1 atom stereocenters. The topological polar surface area (TPSA) is 51.2 Å². The molecule has 1 amide bonds. The Morgan fingerprint density at radius 1 is 1.06 bits per heavy atom. The fourth-order valence-corrected chi connectivity index (χ4v) is 4.05. The molecule has 33 heavy (non-hydrogen) atoms. The van der Waals surface area contributed by atoms with E-state index >= 15 is 0 Å². The molecule has 1 aliphatic rings. The minimum absolute atomic E-state index is 0.178. The summed E-state index contributed by atoms with van der Waals surface area (Å²) in [6, 6.07) is 18.7. The number of carbonyl (C=O) groups excluding carboxylic acids is 1. The van der Waals surface area contributed by atoms with E-state index in [0.717, 1.165) is 29.6 Å². The Morgan fingerprint density at radius 3 is 2.45 bits per heavy atom. The van der Waals surface area contributed by atoms with Crippen LogP contribution in [0.2, 0.25) is 0 Å². The monoisotopic (exact) mass is 446 g/mol. The highest BCUT2D eigenvalue weighted by Gasteiger charge is 2.28. The van der Waals surface area contributed by atoms with Crippen molar-refractivity contribution in [1.82, 2.24) is 10.3 Å². The number of halogens is 1. The number of carbonyl (C=O) groups is 1. The van der Waals surface area contributed by atoms with Crippen molar-refractivity contribution in [2.75, 3.05) is 26.7 Å². The van der Waals surface area contributed by atoms with Crippen molar-refractivity contribution in [3.8, 4) is 22.8 Å². The molecule has 170 valence electrons. The molecule has 0 spiro atoms. The van der Waals surface area contributed by atoms with Crippen LogP contribution in [0.4, 0.5) is 4.39 Å². The second-order valence-electron chi connectivity index (χ2n) is 8.61. The van der Waals surface area contributed by atoms with Crippen LogP contribution in [0, 0.1) is 5.82 Å². The van der Waals surface area contributed by atoms with Gasteiger partial charge in [-0.25, -0.2) is 9.37 Å². The van der Waals surface area contributed by atoms with Crippen LogP contribution in [0.1, 0.15) is 29.8 Å². The third-order valence-electron chi connectivity index (χ3n) is 6.20. The van der Waals surface area contributed by atoms with E-state index in [1.165, 1.54) is 30.7 Å². The first-order chi connectivity index (χ1) is 15.9. The zero-order chi connectivity index (χ0) is 23.3. The maximum atomic E-state index is 13.0. The van der Waals surface area contributed by atoms with Gasteiger partial charge in [-0.3, -0.25) is 9.28 Å². The molecule has 2 aromatic carbocycles. The second kappa shape index (κ2) is 9.96. The first kappa shape index (κ1) is 22.7. The van der Waals surface area contributed by atoms with Crippen LogP contribution in [-0.2, 0) is 0 Å². The van der Waals surface area contributed by atoms with Crippen molar-refractivity contribution in [2.24, 2.45) is 0 Å². The number of allylic oxidation sites excluding steroid dienone is 1. The second-order valence-corrected chi connectivity index (χ2v) is 8.61. The summed E-state index contributed by atoms with van der Waals surface area (Å²) in [5.74, 6) is 0.711. The highest BCUT2D eigenvalue weighted by Crippen LogP contribution is 2.26. The Bertz CT molecular complexity index is 1130. The lowest BCUT2D eigenvalue weighted by atomic mass is 10.1. The summed E-state index contributed by atoms with van der Waals surface area (Å²) in [5, 5.41) is 3.01. The molecule has 2 heterocycles. The summed E-state index contributed by atoms with van der Waals surface area (Å²) in [5.41, 5.74) is 3.21. The first-order valence-electron chi connectivity index (χ1n) is 11.2. The summed E-state index contributed by atoms with van der Waals surface area (Å²) in [4.78, 5) is 17.2. The number of pyridine rings is 1. The predicted octanol–water partition coefficient (Wildman–Crippen LogP) is 5.55. The van der Waals surface area contributed by atoms with Crippen LogP contribution < -0.4 is 10.1 Å². The Morgan fingerprint density at radius 2 is 1.76 bits per heavy atom. The Balaban J connectivity index is 1.37. The van der Waals surface area contributed by atoms with E-state index in [0.29, 0.717) is 29.4 Å². The number of quaternary nitrogens is 1. The van der Waals surface area contributed by atoms with Crippen molar-refractivity contribution in [1.29, 1.82) is 0 Å². The van der Waals surface area contributed by atoms with Crippen LogP contribution >= 0.6 is 0 Å². The molecule has 1 saturated heterocycles. The number of amides is 1. The van der Waals surface area contributed by atoms with E-state index < -0.39 is 0 Å². The number of rotatable bonds is 7. The van der Waals surface area contributed by atoms with Gasteiger partial charge in [0.15, 0.2) is 0 Å². The van der Waals surface area contributed by atoms with Gasteiger partial charge in [-0.15, -0.1) is 0 Å². The fourth-order valence-electron chi connectivity index (χ4n) is 4.05. The fraction of sp³-hybridized carbons (Fsp3) is 0.259. The van der Waals surface area contributed by atoms with Crippen molar-refractivity contribution in [3.63, 3.8) is 0 Å². The molecular formula is C27H29FN3O2+. The minimum atomic E-state index is -0.305. The standard InChI is InChI=1S/C27H28FN3O2/c1-20-6-3-4-18-31(20,2)19-17-29-27(32)26-8-5-7-25(30-26)21-9-13-23(14-10-21)33-24-15-11-22(28)12-16-24/h5,7-16H,1,3-4,6,17-19H2,2H3/p+1. The summed E-state index contributed by atoms with van der Waals surface area (Å²) >= 11 is 0. The maximum Gasteiger partial charge on any atom is 0.270 e. The highest BCUT2D eigenvalue weighted by molar-refractivity contribution is 5.92. The molecule has 0 aliphatic carbocycles. The normalized spacial score (nSPS) is 18.1. The van der Waals surface area contributed by atoms with Crippen LogP contribution in [-0.4, -0.2) is 42.1 Å². The van der Waals surface area contributed by atoms with E-state index in [1.54, 1.807) is 18.2 Å². The van der Waals surface area contributed by atoms with E-state index in [1.807, 2.05) is 36.4 Å². The number of likely N-dealkylation sites (tertiary alicyclic amines) is 1. The molecule has 0 radical (unpaired) electrons. The highest BCUT2D eigenvalue weighted by atomic mass is 19.1. The quantitative estimate of drug-likeness (QED) is 0.484. The Kier molecular flexibility index (Phi) is 6.84. The van der Waals surface area contributed by atoms with Gasteiger partial charge < -0.3 is 10.1 Å². The van der Waals surface area contributed by atoms with E-state index in [-0.39, 0.29) is 11.7 Å². The zero-order valence-electron chi connectivity index (χ0n) is 18.9. The number of piperidine rings is 1. The third kappa shape index (κ3) is 5.65. The Hall–Kier alpha value is -3.51. The molecule has 1 fully saturated rings. The average molecular weight is 447 g/mol. The largest absolute Gasteiger partial charge is 0.457 e. The number of aromatic nitrogens is 1. The van der Waals surface area contributed by atoms with Crippen molar-refractivity contribution in [2.45, 2.75) is 19.3 Å². The summed E-state index contributed by atoms with van der Waals surface area (Å²) in [6.45, 7) is 6.71.